The number of hydrogen-bond donors (Lipinski definition) is 0. The summed E-state index contributed by atoms with van der Waals surface area (Å²) in [4.78, 5) is 5.94. The Bertz CT molecular complexity index is 704. The number of rotatable bonds is 5. The van der Waals surface area contributed by atoms with Crippen LogP contribution in [0.15, 0.2) is 65.9 Å². The Hall–Kier alpha value is -1.58. The third kappa shape index (κ3) is 4.21. The molecule has 0 saturated heterocycles. The van der Waals surface area contributed by atoms with Crippen LogP contribution in [0.3, 0.4) is 0 Å². The van der Waals surface area contributed by atoms with Gasteiger partial charge in [-0.2, -0.15) is 0 Å². The zero-order valence-electron chi connectivity index (χ0n) is 12.9. The molecule has 1 nitrogen and oxygen atoms in total. The van der Waals surface area contributed by atoms with E-state index in [1.165, 1.54) is 33.8 Å². The second-order valence-electron chi connectivity index (χ2n) is 4.72. The smallest absolute Gasteiger partial charge is 0.125 e. The number of hydrogen-bond acceptors (Lipinski definition) is 3. The Morgan fingerprint density at radius 1 is 1.09 bits per heavy atom. The lowest BCUT2D eigenvalue weighted by molar-refractivity contribution is 0.896. The Balaban J connectivity index is 0.000000847. The summed E-state index contributed by atoms with van der Waals surface area (Å²) in [6.07, 6.45) is 2.54. The SMILES string of the molecule is C=C.CCCCSc1cc2ccc(-c3ccccc3)nc2s1. The highest BCUT2D eigenvalue weighted by molar-refractivity contribution is 8.01. The van der Waals surface area contributed by atoms with Gasteiger partial charge in [-0.15, -0.1) is 36.3 Å². The van der Waals surface area contributed by atoms with Crippen molar-refractivity contribution in [2.75, 3.05) is 5.75 Å². The number of fused-ring (bicyclic) bond motifs is 1. The van der Waals surface area contributed by atoms with Gasteiger partial charge in [-0.1, -0.05) is 43.7 Å². The maximum atomic E-state index is 4.80. The van der Waals surface area contributed by atoms with Crippen molar-refractivity contribution in [2.24, 2.45) is 0 Å². The van der Waals surface area contributed by atoms with E-state index in [0.29, 0.717) is 0 Å². The molecular weight excluding hydrogens is 306 g/mol. The van der Waals surface area contributed by atoms with Crippen LogP contribution in [0.4, 0.5) is 0 Å². The van der Waals surface area contributed by atoms with Crippen molar-refractivity contribution in [3.05, 3.63) is 61.7 Å². The zero-order chi connectivity index (χ0) is 15.8. The van der Waals surface area contributed by atoms with E-state index in [1.807, 2.05) is 29.2 Å². The fraction of sp³-hybridized carbons (Fsp3) is 0.211. The lowest BCUT2D eigenvalue weighted by Gasteiger charge is -1.99. The van der Waals surface area contributed by atoms with Crippen LogP contribution in [0.5, 0.6) is 0 Å². The minimum absolute atomic E-state index is 1.06. The van der Waals surface area contributed by atoms with Gasteiger partial charge in [0.05, 0.1) is 9.90 Å². The quantitative estimate of drug-likeness (QED) is 0.295. The van der Waals surface area contributed by atoms with Gasteiger partial charge in [-0.3, -0.25) is 0 Å². The van der Waals surface area contributed by atoms with Gasteiger partial charge in [0.1, 0.15) is 4.83 Å². The fourth-order valence-electron chi connectivity index (χ4n) is 2.05. The Morgan fingerprint density at radius 2 is 1.86 bits per heavy atom. The molecule has 2 aromatic heterocycles. The fourth-order valence-corrected chi connectivity index (χ4v) is 4.38. The van der Waals surface area contributed by atoms with E-state index in [-0.39, 0.29) is 0 Å². The van der Waals surface area contributed by atoms with Crippen molar-refractivity contribution < 1.29 is 0 Å². The molecule has 3 rings (SSSR count). The minimum atomic E-state index is 1.06. The predicted octanol–water partition coefficient (Wildman–Crippen LogP) is 6.66. The van der Waals surface area contributed by atoms with E-state index >= 15 is 0 Å². The largest absolute Gasteiger partial charge is 0.237 e. The summed E-state index contributed by atoms with van der Waals surface area (Å²) >= 11 is 3.76. The van der Waals surface area contributed by atoms with Crippen LogP contribution < -0.4 is 0 Å². The molecule has 0 saturated carbocycles. The van der Waals surface area contributed by atoms with Crippen molar-refractivity contribution in [1.29, 1.82) is 0 Å². The molecule has 0 atom stereocenters. The van der Waals surface area contributed by atoms with Gasteiger partial charge in [0.2, 0.25) is 0 Å². The van der Waals surface area contributed by atoms with Crippen LogP contribution in [0.1, 0.15) is 19.8 Å². The number of unbranched alkanes of at least 4 members (excludes halogenated alkanes) is 1. The van der Waals surface area contributed by atoms with Crippen LogP contribution in [0, 0.1) is 0 Å². The monoisotopic (exact) mass is 327 g/mol. The molecule has 2 heterocycles. The molecule has 3 aromatic rings. The molecule has 3 heteroatoms. The molecule has 0 aliphatic heterocycles. The summed E-state index contributed by atoms with van der Waals surface area (Å²) in [6, 6.07) is 16.9. The number of nitrogens with zero attached hydrogens (tertiary/aromatic N) is 1. The summed E-state index contributed by atoms with van der Waals surface area (Å²) < 4.78 is 1.38. The number of benzene rings is 1. The number of thioether (sulfide) groups is 1. The summed E-state index contributed by atoms with van der Waals surface area (Å²) in [7, 11) is 0. The number of aromatic nitrogens is 1. The molecule has 0 amide bonds. The first-order valence-corrected chi connectivity index (χ1v) is 9.26. The molecule has 1 aromatic carbocycles. The topological polar surface area (TPSA) is 12.9 Å². The van der Waals surface area contributed by atoms with Crippen molar-refractivity contribution >= 4 is 33.3 Å². The Kier molecular flexibility index (Phi) is 6.69. The van der Waals surface area contributed by atoms with Crippen LogP contribution in [0.25, 0.3) is 21.5 Å². The first-order valence-electron chi connectivity index (χ1n) is 7.45. The van der Waals surface area contributed by atoms with Crippen LogP contribution in [-0.2, 0) is 0 Å². The van der Waals surface area contributed by atoms with Crippen molar-refractivity contribution in [3.8, 4) is 11.3 Å². The highest BCUT2D eigenvalue weighted by atomic mass is 32.2. The van der Waals surface area contributed by atoms with Crippen LogP contribution in [0.2, 0.25) is 0 Å². The third-order valence-electron chi connectivity index (χ3n) is 3.17. The van der Waals surface area contributed by atoms with Gasteiger partial charge >= 0.3 is 0 Å². The average Bonchev–Trinajstić information content (AvgIpc) is 2.99. The van der Waals surface area contributed by atoms with E-state index in [1.54, 1.807) is 0 Å². The highest BCUT2D eigenvalue weighted by Gasteiger charge is 2.06. The highest BCUT2D eigenvalue weighted by Crippen LogP contribution is 2.33. The number of thiophene rings is 1. The third-order valence-corrected chi connectivity index (χ3v) is 5.51. The summed E-state index contributed by atoms with van der Waals surface area (Å²) in [5.74, 6) is 1.20. The van der Waals surface area contributed by atoms with Crippen molar-refractivity contribution in [3.63, 3.8) is 0 Å². The molecule has 0 fully saturated rings. The van der Waals surface area contributed by atoms with E-state index < -0.39 is 0 Å². The molecule has 0 N–H and O–H groups in total. The summed E-state index contributed by atoms with van der Waals surface area (Å²) in [5, 5.41) is 1.26. The molecule has 22 heavy (non-hydrogen) atoms. The van der Waals surface area contributed by atoms with E-state index in [2.05, 4.69) is 62.5 Å². The van der Waals surface area contributed by atoms with Gasteiger partial charge in [-0.25, -0.2) is 4.98 Å². The van der Waals surface area contributed by atoms with Crippen LogP contribution in [-0.4, -0.2) is 10.7 Å². The summed E-state index contributed by atoms with van der Waals surface area (Å²) in [6.45, 7) is 8.24. The first-order chi connectivity index (χ1) is 10.9. The lowest BCUT2D eigenvalue weighted by atomic mass is 10.1. The van der Waals surface area contributed by atoms with Gasteiger partial charge in [0.15, 0.2) is 0 Å². The molecule has 0 unspecified atom stereocenters. The maximum absolute atomic E-state index is 4.80. The van der Waals surface area contributed by atoms with Crippen molar-refractivity contribution in [1.82, 2.24) is 4.98 Å². The van der Waals surface area contributed by atoms with E-state index in [0.717, 1.165) is 10.5 Å². The zero-order valence-corrected chi connectivity index (χ0v) is 14.6. The first kappa shape index (κ1) is 16.8. The standard InChI is InChI=1S/C17H17NS2.C2H4/c1-2-3-11-19-16-12-14-9-10-15(18-17(14)20-16)13-7-5-4-6-8-13;1-2/h4-10,12H,2-3,11H2,1H3;1-2H2. The van der Waals surface area contributed by atoms with Gasteiger partial charge in [0.25, 0.3) is 0 Å². The molecule has 0 aliphatic rings. The van der Waals surface area contributed by atoms with Gasteiger partial charge < -0.3 is 0 Å². The second-order valence-corrected chi connectivity index (χ2v) is 7.15. The molecule has 0 radical (unpaired) electrons. The van der Waals surface area contributed by atoms with Crippen molar-refractivity contribution in [2.45, 2.75) is 24.0 Å². The molecular formula is C19H21NS2. The minimum Gasteiger partial charge on any atom is -0.237 e. The lowest BCUT2D eigenvalue weighted by Crippen LogP contribution is -1.81. The molecule has 114 valence electrons. The predicted molar refractivity (Wildman–Crippen MR) is 102 cm³/mol. The van der Waals surface area contributed by atoms with Gasteiger partial charge in [-0.05, 0) is 30.4 Å². The number of pyridine rings is 1. The van der Waals surface area contributed by atoms with Gasteiger partial charge in [0, 0.05) is 10.9 Å². The molecule has 0 aliphatic carbocycles. The normalized spacial score (nSPS) is 10.2. The van der Waals surface area contributed by atoms with Crippen LogP contribution >= 0.6 is 23.1 Å². The Morgan fingerprint density at radius 3 is 2.59 bits per heavy atom. The van der Waals surface area contributed by atoms with E-state index in [4.69, 9.17) is 4.98 Å². The van der Waals surface area contributed by atoms with E-state index in [9.17, 15) is 0 Å². The maximum Gasteiger partial charge on any atom is 0.125 e. The molecule has 0 bridgehead atoms. The molecule has 0 spiro atoms. The second kappa shape index (κ2) is 8.76. The Labute approximate surface area is 141 Å². The summed E-state index contributed by atoms with van der Waals surface area (Å²) in [5.41, 5.74) is 2.24. The average molecular weight is 328 g/mol.